The van der Waals surface area contributed by atoms with Crippen molar-refractivity contribution in [3.63, 3.8) is 0 Å². The highest BCUT2D eigenvalue weighted by molar-refractivity contribution is 7.89. The van der Waals surface area contributed by atoms with Crippen molar-refractivity contribution in [3.05, 3.63) is 71.8 Å². The van der Waals surface area contributed by atoms with Gasteiger partial charge in [0.25, 0.3) is 5.91 Å². The third-order valence-corrected chi connectivity index (χ3v) is 6.85. The molecule has 1 aliphatic heterocycles. The number of rotatable bonds is 5. The van der Waals surface area contributed by atoms with Crippen molar-refractivity contribution in [1.82, 2.24) is 10.0 Å². The molecule has 31 heavy (non-hydrogen) atoms. The van der Waals surface area contributed by atoms with Gasteiger partial charge in [-0.25, -0.2) is 21.9 Å². The molecule has 6 nitrogen and oxygen atoms in total. The average Bonchev–Trinajstić information content (AvgIpc) is 2.74. The van der Waals surface area contributed by atoms with Crippen LogP contribution in [0.2, 0.25) is 0 Å². The molecule has 0 unspecified atom stereocenters. The minimum atomic E-state index is -3.81. The third kappa shape index (κ3) is 4.43. The molecule has 1 aliphatic rings. The lowest BCUT2D eigenvalue weighted by Gasteiger charge is -2.24. The Bertz CT molecular complexity index is 1220. The topological polar surface area (TPSA) is 87.3 Å². The summed E-state index contributed by atoms with van der Waals surface area (Å²) in [6.07, 6.45) is 1.39. The van der Waals surface area contributed by atoms with Crippen LogP contribution in [0, 0.1) is 11.6 Å². The lowest BCUT2D eigenvalue weighted by atomic mass is 10.1. The zero-order valence-electron chi connectivity index (χ0n) is 16.5. The zero-order valence-corrected chi connectivity index (χ0v) is 17.3. The van der Waals surface area contributed by atoms with Crippen molar-refractivity contribution in [3.8, 4) is 0 Å². The number of carbonyl (C=O) groups is 1. The maximum absolute atomic E-state index is 14.0. The van der Waals surface area contributed by atoms with Crippen LogP contribution in [0.25, 0.3) is 10.8 Å². The van der Waals surface area contributed by atoms with Crippen LogP contribution in [-0.4, -0.2) is 33.5 Å². The van der Waals surface area contributed by atoms with Gasteiger partial charge < -0.3 is 10.6 Å². The Hall–Kier alpha value is -2.88. The summed E-state index contributed by atoms with van der Waals surface area (Å²) >= 11 is 0. The number of piperidine rings is 1. The highest BCUT2D eigenvalue weighted by Crippen LogP contribution is 2.30. The lowest BCUT2D eigenvalue weighted by molar-refractivity contribution is 0.101. The van der Waals surface area contributed by atoms with E-state index in [-0.39, 0.29) is 16.6 Å². The van der Waals surface area contributed by atoms with Crippen molar-refractivity contribution in [2.75, 3.05) is 18.4 Å². The van der Waals surface area contributed by atoms with Crippen LogP contribution >= 0.6 is 0 Å². The first kappa shape index (κ1) is 21.4. The molecule has 3 N–H and O–H groups in total. The van der Waals surface area contributed by atoms with Crippen LogP contribution < -0.4 is 15.4 Å². The SMILES string of the molecule is O=C(Nc1ccc(S(=O)(=O)NC2CCNCC2)c2ccccc12)c1c(F)cccc1F. The second-order valence-corrected chi connectivity index (χ2v) is 9.04. The molecule has 0 spiro atoms. The van der Waals surface area contributed by atoms with E-state index < -0.39 is 33.1 Å². The molecule has 4 rings (SSSR count). The Morgan fingerprint density at radius 1 is 0.903 bits per heavy atom. The van der Waals surface area contributed by atoms with Crippen LogP contribution in [0.1, 0.15) is 23.2 Å². The van der Waals surface area contributed by atoms with Crippen LogP contribution in [0.4, 0.5) is 14.5 Å². The molecular weight excluding hydrogens is 424 g/mol. The standard InChI is InChI=1S/C22H21F2N3O3S/c23-17-6-3-7-18(24)21(17)22(28)26-19-8-9-20(16-5-2-1-4-15(16)19)31(29,30)27-14-10-12-25-13-11-14/h1-9,14,25,27H,10-13H2,(H,26,28). The van der Waals surface area contributed by atoms with E-state index in [1.807, 2.05) is 0 Å². The summed E-state index contributed by atoms with van der Waals surface area (Å²) in [4.78, 5) is 12.6. The molecule has 1 fully saturated rings. The van der Waals surface area contributed by atoms with Crippen molar-refractivity contribution in [2.45, 2.75) is 23.8 Å². The highest BCUT2D eigenvalue weighted by Gasteiger charge is 2.25. The predicted octanol–water partition coefficient (Wildman–Crippen LogP) is 3.40. The smallest absolute Gasteiger partial charge is 0.261 e. The van der Waals surface area contributed by atoms with Gasteiger partial charge in [-0.1, -0.05) is 30.3 Å². The fourth-order valence-corrected chi connectivity index (χ4v) is 5.25. The number of amides is 1. The molecule has 162 valence electrons. The molecule has 0 bridgehead atoms. The predicted molar refractivity (Wildman–Crippen MR) is 114 cm³/mol. The van der Waals surface area contributed by atoms with Crippen molar-refractivity contribution >= 4 is 32.4 Å². The summed E-state index contributed by atoms with van der Waals surface area (Å²) in [6.45, 7) is 1.48. The van der Waals surface area contributed by atoms with E-state index in [0.29, 0.717) is 23.6 Å². The third-order valence-electron chi connectivity index (χ3n) is 5.27. The molecule has 3 aromatic rings. The van der Waals surface area contributed by atoms with Gasteiger partial charge in [0, 0.05) is 22.5 Å². The first-order chi connectivity index (χ1) is 14.9. The number of fused-ring (bicyclic) bond motifs is 1. The normalized spacial score (nSPS) is 15.2. The van der Waals surface area contributed by atoms with E-state index in [9.17, 15) is 22.0 Å². The fraction of sp³-hybridized carbons (Fsp3) is 0.227. The van der Waals surface area contributed by atoms with Crippen LogP contribution in [0.5, 0.6) is 0 Å². The van der Waals surface area contributed by atoms with Crippen molar-refractivity contribution in [1.29, 1.82) is 0 Å². The molecule has 3 aromatic carbocycles. The fourth-order valence-electron chi connectivity index (χ4n) is 3.74. The molecule has 1 heterocycles. The van der Waals surface area contributed by atoms with E-state index in [4.69, 9.17) is 0 Å². The number of benzene rings is 3. The summed E-state index contributed by atoms with van der Waals surface area (Å²) in [5.41, 5.74) is -0.445. The Morgan fingerprint density at radius 2 is 1.55 bits per heavy atom. The highest BCUT2D eigenvalue weighted by atomic mass is 32.2. The van der Waals surface area contributed by atoms with Gasteiger partial charge in [-0.2, -0.15) is 0 Å². The van der Waals surface area contributed by atoms with Crippen LogP contribution in [0.15, 0.2) is 59.5 Å². The number of hydrogen-bond acceptors (Lipinski definition) is 4. The molecule has 0 aliphatic carbocycles. The summed E-state index contributed by atoms with van der Waals surface area (Å²) in [6, 6.07) is 12.5. The minimum Gasteiger partial charge on any atom is -0.321 e. The van der Waals surface area contributed by atoms with E-state index in [1.54, 1.807) is 24.3 Å². The quantitative estimate of drug-likeness (QED) is 0.562. The van der Waals surface area contributed by atoms with Gasteiger partial charge in [-0.3, -0.25) is 4.79 Å². The molecule has 0 aromatic heterocycles. The Labute approximate surface area is 178 Å². The monoisotopic (exact) mass is 445 g/mol. The Morgan fingerprint density at radius 3 is 2.23 bits per heavy atom. The van der Waals surface area contributed by atoms with Gasteiger partial charge in [0.2, 0.25) is 10.0 Å². The summed E-state index contributed by atoms with van der Waals surface area (Å²) in [5, 5.41) is 6.53. The number of nitrogens with one attached hydrogen (secondary N) is 3. The summed E-state index contributed by atoms with van der Waals surface area (Å²) < 4.78 is 56.8. The van der Waals surface area contributed by atoms with E-state index >= 15 is 0 Å². The van der Waals surface area contributed by atoms with Gasteiger partial charge in [0.05, 0.1) is 4.90 Å². The largest absolute Gasteiger partial charge is 0.321 e. The van der Waals surface area contributed by atoms with Gasteiger partial charge in [0.15, 0.2) is 0 Å². The molecular formula is C22H21F2N3O3S. The van der Waals surface area contributed by atoms with E-state index in [2.05, 4.69) is 15.4 Å². The minimum absolute atomic E-state index is 0.0803. The maximum atomic E-state index is 14.0. The molecule has 0 atom stereocenters. The van der Waals surface area contributed by atoms with Crippen molar-refractivity contribution in [2.24, 2.45) is 0 Å². The molecule has 0 radical (unpaired) electrons. The number of hydrogen-bond donors (Lipinski definition) is 3. The zero-order chi connectivity index (χ0) is 22.0. The second kappa shape index (κ2) is 8.70. The first-order valence-corrected chi connectivity index (χ1v) is 11.4. The van der Waals surface area contributed by atoms with Gasteiger partial charge in [-0.05, 0) is 50.2 Å². The van der Waals surface area contributed by atoms with Crippen LogP contribution in [-0.2, 0) is 10.0 Å². The van der Waals surface area contributed by atoms with E-state index in [1.165, 1.54) is 18.2 Å². The molecule has 0 saturated carbocycles. The maximum Gasteiger partial charge on any atom is 0.261 e. The average molecular weight is 445 g/mol. The molecule has 9 heteroatoms. The number of halogens is 2. The van der Waals surface area contributed by atoms with Gasteiger partial charge in [-0.15, -0.1) is 0 Å². The van der Waals surface area contributed by atoms with Gasteiger partial charge >= 0.3 is 0 Å². The Balaban J connectivity index is 1.69. The summed E-state index contributed by atoms with van der Waals surface area (Å²) in [7, 11) is -3.81. The second-order valence-electron chi connectivity index (χ2n) is 7.35. The number of anilines is 1. The first-order valence-electron chi connectivity index (χ1n) is 9.87. The Kier molecular flexibility index (Phi) is 5.99. The molecule has 1 amide bonds. The number of carbonyl (C=O) groups excluding carboxylic acids is 1. The van der Waals surface area contributed by atoms with Crippen molar-refractivity contribution < 1.29 is 22.0 Å². The van der Waals surface area contributed by atoms with Crippen LogP contribution in [0.3, 0.4) is 0 Å². The number of sulfonamides is 1. The van der Waals surface area contributed by atoms with Gasteiger partial charge in [0.1, 0.15) is 17.2 Å². The lowest BCUT2D eigenvalue weighted by Crippen LogP contribution is -2.42. The molecule has 1 saturated heterocycles. The van der Waals surface area contributed by atoms with E-state index in [0.717, 1.165) is 25.2 Å². The summed E-state index contributed by atoms with van der Waals surface area (Å²) in [5.74, 6) is -2.91.